The summed E-state index contributed by atoms with van der Waals surface area (Å²) in [5.74, 6) is 0.970. The minimum absolute atomic E-state index is 0.197. The summed E-state index contributed by atoms with van der Waals surface area (Å²) >= 11 is 5.64. The van der Waals surface area contributed by atoms with E-state index in [0.717, 1.165) is 33.8 Å². The van der Waals surface area contributed by atoms with Crippen LogP contribution in [-0.4, -0.2) is 38.4 Å². The molecule has 0 saturated heterocycles. The maximum absolute atomic E-state index is 9.63. The van der Waals surface area contributed by atoms with Crippen molar-refractivity contribution in [3.05, 3.63) is 47.8 Å². The molecule has 120 valence electrons. The number of benzene rings is 1. The van der Waals surface area contributed by atoms with Gasteiger partial charge in [-0.3, -0.25) is 0 Å². The van der Waals surface area contributed by atoms with Crippen LogP contribution in [0.3, 0.4) is 0 Å². The summed E-state index contributed by atoms with van der Waals surface area (Å²) in [5, 5.41) is 18.4. The average Bonchev–Trinajstić information content (AvgIpc) is 2.90. The lowest BCUT2D eigenvalue weighted by atomic mass is 10.2. The van der Waals surface area contributed by atoms with Gasteiger partial charge < -0.3 is 10.4 Å². The van der Waals surface area contributed by atoms with Gasteiger partial charge in [-0.05, 0) is 38.1 Å². The molecule has 5 nitrogen and oxygen atoms in total. The van der Waals surface area contributed by atoms with Crippen molar-refractivity contribution < 1.29 is 5.11 Å². The van der Waals surface area contributed by atoms with Crippen LogP contribution in [0.1, 0.15) is 11.4 Å². The van der Waals surface area contributed by atoms with Crippen LogP contribution in [0.4, 0.5) is 5.69 Å². The van der Waals surface area contributed by atoms with Gasteiger partial charge in [-0.25, -0.2) is 9.67 Å². The van der Waals surface area contributed by atoms with Gasteiger partial charge in [0.15, 0.2) is 5.82 Å². The average molecular weight is 331 g/mol. The molecule has 0 fully saturated rings. The Balaban J connectivity index is 2.02. The lowest BCUT2D eigenvalue weighted by Gasteiger charge is -2.13. The summed E-state index contributed by atoms with van der Waals surface area (Å²) in [7, 11) is 0. The third-order valence-corrected chi connectivity index (χ3v) is 3.99. The molecule has 1 unspecified atom stereocenters. The summed E-state index contributed by atoms with van der Waals surface area (Å²) in [5.41, 5.74) is 3.72. The van der Waals surface area contributed by atoms with Crippen molar-refractivity contribution in [2.45, 2.75) is 20.0 Å². The Hall–Kier alpha value is -2.11. The molecule has 2 N–H and O–H groups in total. The molecule has 0 aliphatic heterocycles. The molecule has 3 rings (SSSR count). The predicted molar refractivity (Wildman–Crippen MR) is 93.6 cm³/mol. The molecule has 2 heterocycles. The fourth-order valence-electron chi connectivity index (χ4n) is 2.54. The SMILES string of the molecule is Cc1cc(C)n(-c2ccc3cccc(NCC(O)CCl)c3n2)n1. The molecular weight excluding hydrogens is 312 g/mol. The highest BCUT2D eigenvalue weighted by molar-refractivity contribution is 6.18. The highest BCUT2D eigenvalue weighted by Gasteiger charge is 2.09. The predicted octanol–water partition coefficient (Wildman–Crippen LogP) is 3.05. The zero-order valence-electron chi connectivity index (χ0n) is 13.1. The molecule has 0 aliphatic carbocycles. The summed E-state index contributed by atoms with van der Waals surface area (Å²) in [6, 6.07) is 11.9. The highest BCUT2D eigenvalue weighted by atomic mass is 35.5. The van der Waals surface area contributed by atoms with E-state index in [1.165, 1.54) is 0 Å². The van der Waals surface area contributed by atoms with Crippen molar-refractivity contribution in [2.75, 3.05) is 17.7 Å². The molecule has 0 spiro atoms. The number of aliphatic hydroxyl groups is 1. The molecule has 6 heteroatoms. The summed E-state index contributed by atoms with van der Waals surface area (Å²) in [4.78, 5) is 4.75. The molecule has 0 saturated carbocycles. The van der Waals surface area contributed by atoms with Crippen molar-refractivity contribution >= 4 is 28.2 Å². The van der Waals surface area contributed by atoms with Crippen molar-refractivity contribution in [3.63, 3.8) is 0 Å². The van der Waals surface area contributed by atoms with Crippen molar-refractivity contribution in [1.29, 1.82) is 0 Å². The lowest BCUT2D eigenvalue weighted by Crippen LogP contribution is -2.21. The van der Waals surface area contributed by atoms with Crippen LogP contribution in [0, 0.1) is 13.8 Å². The topological polar surface area (TPSA) is 63.0 Å². The van der Waals surface area contributed by atoms with Crippen molar-refractivity contribution in [2.24, 2.45) is 0 Å². The number of nitrogens with zero attached hydrogens (tertiary/aromatic N) is 3. The Morgan fingerprint density at radius 3 is 2.78 bits per heavy atom. The second-order valence-corrected chi connectivity index (χ2v) is 5.88. The molecule has 0 amide bonds. The number of alkyl halides is 1. The van der Waals surface area contributed by atoms with Crippen LogP contribution in [0.2, 0.25) is 0 Å². The van der Waals surface area contributed by atoms with Gasteiger partial charge in [-0.15, -0.1) is 11.6 Å². The number of nitrogens with one attached hydrogen (secondary N) is 1. The summed E-state index contributed by atoms with van der Waals surface area (Å²) in [6.45, 7) is 4.35. The number of pyridine rings is 1. The first kappa shape index (κ1) is 15.8. The molecule has 1 aromatic carbocycles. The van der Waals surface area contributed by atoms with E-state index in [0.29, 0.717) is 6.54 Å². The Morgan fingerprint density at radius 2 is 2.09 bits per heavy atom. The van der Waals surface area contributed by atoms with Gasteiger partial charge >= 0.3 is 0 Å². The minimum Gasteiger partial charge on any atom is -0.390 e. The number of aromatic nitrogens is 3. The Kier molecular flexibility index (Phi) is 4.50. The van der Waals surface area contributed by atoms with Gasteiger partial charge in [0.1, 0.15) is 0 Å². The Morgan fingerprint density at radius 1 is 1.26 bits per heavy atom. The van der Waals surface area contributed by atoms with Gasteiger partial charge in [0.05, 0.1) is 28.9 Å². The van der Waals surface area contributed by atoms with Gasteiger partial charge in [0, 0.05) is 17.6 Å². The zero-order valence-corrected chi connectivity index (χ0v) is 13.9. The number of halogens is 1. The normalized spacial score (nSPS) is 12.5. The van der Waals surface area contributed by atoms with Gasteiger partial charge in [-0.2, -0.15) is 5.10 Å². The number of aryl methyl sites for hydroxylation is 2. The third-order valence-electron chi connectivity index (χ3n) is 3.64. The third kappa shape index (κ3) is 3.30. The maximum Gasteiger partial charge on any atom is 0.154 e. The van der Waals surface area contributed by atoms with Crippen LogP contribution < -0.4 is 5.32 Å². The number of para-hydroxylation sites is 1. The molecule has 1 atom stereocenters. The number of aliphatic hydroxyl groups excluding tert-OH is 1. The van der Waals surface area contributed by atoms with E-state index < -0.39 is 6.10 Å². The number of hydrogen-bond donors (Lipinski definition) is 2. The second-order valence-electron chi connectivity index (χ2n) is 5.57. The molecule has 2 aromatic heterocycles. The van der Waals surface area contributed by atoms with Crippen LogP contribution >= 0.6 is 11.6 Å². The maximum atomic E-state index is 9.63. The minimum atomic E-state index is -0.592. The zero-order chi connectivity index (χ0) is 16.4. The van der Waals surface area contributed by atoms with E-state index in [9.17, 15) is 5.11 Å². The van der Waals surface area contributed by atoms with E-state index in [2.05, 4.69) is 10.4 Å². The first-order valence-corrected chi connectivity index (χ1v) is 8.03. The number of hydrogen-bond acceptors (Lipinski definition) is 4. The molecular formula is C17H19ClN4O. The van der Waals surface area contributed by atoms with E-state index in [4.69, 9.17) is 16.6 Å². The largest absolute Gasteiger partial charge is 0.390 e. The second kappa shape index (κ2) is 6.56. The fourth-order valence-corrected chi connectivity index (χ4v) is 2.65. The van der Waals surface area contributed by atoms with Crippen molar-refractivity contribution in [1.82, 2.24) is 14.8 Å². The highest BCUT2D eigenvalue weighted by Crippen LogP contribution is 2.23. The number of anilines is 1. The molecule has 3 aromatic rings. The molecule has 0 aliphatic rings. The molecule has 23 heavy (non-hydrogen) atoms. The summed E-state index contributed by atoms with van der Waals surface area (Å²) in [6.07, 6.45) is -0.592. The van der Waals surface area contributed by atoms with E-state index in [1.807, 2.05) is 54.9 Å². The lowest BCUT2D eigenvalue weighted by molar-refractivity contribution is 0.211. The van der Waals surface area contributed by atoms with E-state index in [-0.39, 0.29) is 5.88 Å². The van der Waals surface area contributed by atoms with Gasteiger partial charge in [0.2, 0.25) is 0 Å². The Labute approximate surface area is 139 Å². The number of fused-ring (bicyclic) bond motifs is 1. The van der Waals surface area contributed by atoms with Crippen LogP contribution in [0.25, 0.3) is 16.7 Å². The Bertz CT molecular complexity index is 831. The van der Waals surface area contributed by atoms with E-state index >= 15 is 0 Å². The standard InChI is InChI=1S/C17H19ClN4O/c1-11-8-12(2)22(21-11)16-7-6-13-4-3-5-15(17(13)20-16)19-10-14(23)9-18/h3-8,14,19,23H,9-10H2,1-2H3. The monoisotopic (exact) mass is 330 g/mol. The van der Waals surface area contributed by atoms with E-state index in [1.54, 1.807) is 0 Å². The molecule has 0 radical (unpaired) electrons. The molecule has 0 bridgehead atoms. The van der Waals surface area contributed by atoms with Crippen molar-refractivity contribution in [3.8, 4) is 5.82 Å². The quantitative estimate of drug-likeness (QED) is 0.706. The number of rotatable bonds is 5. The van der Waals surface area contributed by atoms with Gasteiger partial charge in [0.25, 0.3) is 0 Å². The first-order chi connectivity index (χ1) is 11.1. The first-order valence-electron chi connectivity index (χ1n) is 7.50. The van der Waals surface area contributed by atoms with Crippen LogP contribution in [-0.2, 0) is 0 Å². The van der Waals surface area contributed by atoms with Gasteiger partial charge in [-0.1, -0.05) is 12.1 Å². The van der Waals surface area contributed by atoms with Crippen LogP contribution in [0.15, 0.2) is 36.4 Å². The smallest absolute Gasteiger partial charge is 0.154 e. The fraction of sp³-hybridized carbons (Fsp3) is 0.294. The van der Waals surface area contributed by atoms with Crippen LogP contribution in [0.5, 0.6) is 0 Å². The summed E-state index contributed by atoms with van der Waals surface area (Å²) < 4.78 is 1.83.